The van der Waals surface area contributed by atoms with E-state index in [4.69, 9.17) is 4.74 Å². The molecular weight excluding hydrogens is 194 g/mol. The highest BCUT2D eigenvalue weighted by atomic mass is 16.5. The third kappa shape index (κ3) is 2.90. The average Bonchev–Trinajstić information content (AvgIpc) is 2.25. The summed E-state index contributed by atoms with van der Waals surface area (Å²) in [6, 6.07) is 0. The maximum Gasteiger partial charge on any atom is 0.221 e. The quantitative estimate of drug-likeness (QED) is 0.618. The highest BCUT2D eigenvalue weighted by Gasteiger charge is 2.30. The first-order valence-corrected chi connectivity index (χ1v) is 5.57. The third-order valence-electron chi connectivity index (χ3n) is 2.99. The Bertz CT molecular complexity index is 223. The lowest BCUT2D eigenvalue weighted by atomic mass is 10.1. The van der Waals surface area contributed by atoms with Gasteiger partial charge in [0.1, 0.15) is 0 Å². The number of carbonyl (C=O) groups is 1. The zero-order chi connectivity index (χ0) is 10.7. The van der Waals surface area contributed by atoms with Crippen LogP contribution >= 0.6 is 0 Å². The number of fused-ring (bicyclic) bond motifs is 2. The zero-order valence-corrected chi connectivity index (χ0v) is 9.16. The molecule has 0 radical (unpaired) electrons. The smallest absolute Gasteiger partial charge is 0.221 e. The summed E-state index contributed by atoms with van der Waals surface area (Å²) in [4.78, 5) is 13.4. The Kier molecular flexibility index (Phi) is 3.56. The summed E-state index contributed by atoms with van der Waals surface area (Å²) >= 11 is 0. The Morgan fingerprint density at radius 3 is 2.73 bits per heavy atom. The lowest BCUT2D eigenvalue weighted by Crippen LogP contribution is -2.58. The van der Waals surface area contributed by atoms with Gasteiger partial charge in [-0.15, -0.1) is 0 Å². The van der Waals surface area contributed by atoms with Gasteiger partial charge in [-0.2, -0.15) is 0 Å². The molecule has 2 fully saturated rings. The molecule has 0 saturated carbocycles. The van der Waals surface area contributed by atoms with Gasteiger partial charge in [-0.3, -0.25) is 9.69 Å². The number of amides is 1. The summed E-state index contributed by atoms with van der Waals surface area (Å²) in [5, 5.41) is 6.00. The van der Waals surface area contributed by atoms with E-state index in [0.717, 1.165) is 32.7 Å². The molecule has 0 aromatic heterocycles. The molecule has 86 valence electrons. The number of nitrogens with zero attached hydrogens (tertiary/aromatic N) is 1. The minimum atomic E-state index is 0.116. The minimum absolute atomic E-state index is 0.116. The molecule has 15 heavy (non-hydrogen) atoms. The maximum absolute atomic E-state index is 11.1. The normalized spacial score (nSPS) is 31.3. The van der Waals surface area contributed by atoms with Crippen LogP contribution in [0.2, 0.25) is 0 Å². The summed E-state index contributed by atoms with van der Waals surface area (Å²) in [5.41, 5.74) is 0. The second-order valence-corrected chi connectivity index (χ2v) is 4.22. The summed E-state index contributed by atoms with van der Waals surface area (Å²) in [7, 11) is 1.68. The Hall–Kier alpha value is -0.650. The van der Waals surface area contributed by atoms with Gasteiger partial charge in [0, 0.05) is 46.2 Å². The molecule has 0 aliphatic carbocycles. The molecule has 5 nitrogen and oxygen atoms in total. The van der Waals surface area contributed by atoms with Crippen LogP contribution in [0.5, 0.6) is 0 Å². The molecule has 2 bridgehead atoms. The fourth-order valence-corrected chi connectivity index (χ4v) is 2.21. The molecule has 2 heterocycles. The van der Waals surface area contributed by atoms with Crippen LogP contribution in [0.3, 0.4) is 0 Å². The molecule has 2 rings (SSSR count). The standard InChI is InChI=1S/C10H19N3O2/c1-11-10(14)2-3-13-6-8-4-12-5-9(7-13)15-8/h8-9,12H,2-7H2,1H3,(H,11,14). The molecule has 2 N–H and O–H groups in total. The second kappa shape index (κ2) is 4.92. The number of hydrogen-bond donors (Lipinski definition) is 2. The van der Waals surface area contributed by atoms with Crippen LogP contribution in [0.4, 0.5) is 0 Å². The molecule has 0 aromatic rings. The van der Waals surface area contributed by atoms with Crippen LogP contribution < -0.4 is 10.6 Å². The first-order valence-electron chi connectivity index (χ1n) is 5.57. The van der Waals surface area contributed by atoms with Crippen molar-refractivity contribution in [2.75, 3.05) is 39.8 Å². The molecule has 5 heteroatoms. The molecule has 2 aliphatic rings. The van der Waals surface area contributed by atoms with Crippen LogP contribution in [0, 0.1) is 0 Å². The Balaban J connectivity index is 1.76. The zero-order valence-electron chi connectivity index (χ0n) is 9.16. The molecule has 1 amide bonds. The molecule has 2 aliphatic heterocycles. The number of rotatable bonds is 3. The van der Waals surface area contributed by atoms with Crippen LogP contribution in [0.1, 0.15) is 6.42 Å². The van der Waals surface area contributed by atoms with Gasteiger partial charge in [0.2, 0.25) is 5.91 Å². The SMILES string of the molecule is CNC(=O)CCN1CC2CNCC(C1)O2. The Morgan fingerprint density at radius 1 is 1.47 bits per heavy atom. The van der Waals surface area contributed by atoms with Gasteiger partial charge in [0.15, 0.2) is 0 Å². The predicted molar refractivity (Wildman–Crippen MR) is 56.7 cm³/mol. The van der Waals surface area contributed by atoms with E-state index in [1.807, 2.05) is 0 Å². The van der Waals surface area contributed by atoms with Crippen LogP contribution in [-0.4, -0.2) is 62.8 Å². The highest BCUT2D eigenvalue weighted by molar-refractivity contribution is 5.75. The number of nitrogens with one attached hydrogen (secondary N) is 2. The van der Waals surface area contributed by atoms with E-state index >= 15 is 0 Å². The summed E-state index contributed by atoms with van der Waals surface area (Å²) in [5.74, 6) is 0.116. The summed E-state index contributed by atoms with van der Waals surface area (Å²) in [6.45, 7) is 4.61. The van der Waals surface area contributed by atoms with Crippen molar-refractivity contribution in [3.8, 4) is 0 Å². The summed E-state index contributed by atoms with van der Waals surface area (Å²) < 4.78 is 5.78. The minimum Gasteiger partial charge on any atom is -0.370 e. The van der Waals surface area contributed by atoms with Crippen molar-refractivity contribution in [1.29, 1.82) is 0 Å². The Morgan fingerprint density at radius 2 is 2.13 bits per heavy atom. The first kappa shape index (κ1) is 10.9. The van der Waals surface area contributed by atoms with Gasteiger partial charge in [-0.1, -0.05) is 0 Å². The lowest BCUT2D eigenvalue weighted by Gasteiger charge is -2.41. The Labute approximate surface area is 90.1 Å². The van der Waals surface area contributed by atoms with Crippen LogP contribution in [0.25, 0.3) is 0 Å². The number of ether oxygens (including phenoxy) is 1. The van der Waals surface area contributed by atoms with E-state index in [2.05, 4.69) is 15.5 Å². The summed E-state index contributed by atoms with van der Waals surface area (Å²) in [6.07, 6.45) is 1.20. The number of carbonyl (C=O) groups excluding carboxylic acids is 1. The van der Waals surface area contributed by atoms with Crippen LogP contribution in [-0.2, 0) is 9.53 Å². The van der Waals surface area contributed by atoms with Gasteiger partial charge in [-0.05, 0) is 0 Å². The van der Waals surface area contributed by atoms with Gasteiger partial charge in [0.05, 0.1) is 12.2 Å². The first-order chi connectivity index (χ1) is 7.28. The molecule has 0 aromatic carbocycles. The van der Waals surface area contributed by atoms with E-state index in [1.165, 1.54) is 0 Å². The van der Waals surface area contributed by atoms with Gasteiger partial charge in [0.25, 0.3) is 0 Å². The largest absolute Gasteiger partial charge is 0.370 e. The van der Waals surface area contributed by atoms with Gasteiger partial charge >= 0.3 is 0 Å². The molecule has 2 unspecified atom stereocenters. The maximum atomic E-state index is 11.1. The van der Waals surface area contributed by atoms with Crippen molar-refractivity contribution in [3.63, 3.8) is 0 Å². The fourth-order valence-electron chi connectivity index (χ4n) is 2.21. The second-order valence-electron chi connectivity index (χ2n) is 4.22. The van der Waals surface area contributed by atoms with Gasteiger partial charge in [-0.25, -0.2) is 0 Å². The van der Waals surface area contributed by atoms with E-state index < -0.39 is 0 Å². The van der Waals surface area contributed by atoms with E-state index in [9.17, 15) is 4.79 Å². The van der Waals surface area contributed by atoms with E-state index in [-0.39, 0.29) is 5.91 Å². The molecule has 2 atom stereocenters. The number of hydrogen-bond acceptors (Lipinski definition) is 4. The highest BCUT2D eigenvalue weighted by Crippen LogP contribution is 2.14. The predicted octanol–water partition coefficient (Wildman–Crippen LogP) is -1.20. The number of morpholine rings is 2. The van der Waals surface area contributed by atoms with Crippen molar-refractivity contribution in [3.05, 3.63) is 0 Å². The molecule has 2 saturated heterocycles. The van der Waals surface area contributed by atoms with Crippen molar-refractivity contribution in [2.45, 2.75) is 18.6 Å². The molecular formula is C10H19N3O2. The van der Waals surface area contributed by atoms with Crippen molar-refractivity contribution in [2.24, 2.45) is 0 Å². The monoisotopic (exact) mass is 213 g/mol. The fraction of sp³-hybridized carbons (Fsp3) is 0.900. The third-order valence-corrected chi connectivity index (χ3v) is 2.99. The van der Waals surface area contributed by atoms with E-state index in [1.54, 1.807) is 7.05 Å². The average molecular weight is 213 g/mol. The lowest BCUT2D eigenvalue weighted by molar-refractivity contribution is -0.123. The van der Waals surface area contributed by atoms with E-state index in [0.29, 0.717) is 18.6 Å². The van der Waals surface area contributed by atoms with Crippen molar-refractivity contribution >= 4 is 5.91 Å². The molecule has 0 spiro atoms. The van der Waals surface area contributed by atoms with Crippen LogP contribution in [0.15, 0.2) is 0 Å². The van der Waals surface area contributed by atoms with Crippen molar-refractivity contribution < 1.29 is 9.53 Å². The topological polar surface area (TPSA) is 53.6 Å². The van der Waals surface area contributed by atoms with Crippen molar-refractivity contribution in [1.82, 2.24) is 15.5 Å². The van der Waals surface area contributed by atoms with Gasteiger partial charge < -0.3 is 15.4 Å².